The summed E-state index contributed by atoms with van der Waals surface area (Å²) in [6.45, 7) is 2.63. The summed E-state index contributed by atoms with van der Waals surface area (Å²) in [5, 5.41) is 0. The van der Waals surface area contributed by atoms with Crippen LogP contribution >= 0.6 is 0 Å². The minimum Gasteiger partial charge on any atom is -0.465 e. The van der Waals surface area contributed by atoms with Gasteiger partial charge in [-0.05, 0) is 6.42 Å². The average Bonchev–Trinajstić information content (AvgIpc) is 2.72. The molecule has 1 aliphatic rings. The first-order valence-corrected chi connectivity index (χ1v) is 5.79. The molecule has 2 atom stereocenters. The van der Waals surface area contributed by atoms with Crippen LogP contribution in [-0.2, 0) is 30.0 Å². The van der Waals surface area contributed by atoms with E-state index in [0.29, 0.717) is 12.5 Å². The maximum atomic E-state index is 11.5. The van der Waals surface area contributed by atoms with Gasteiger partial charge in [0.2, 0.25) is 6.33 Å². The predicted molar refractivity (Wildman–Crippen MR) is 58.5 cm³/mol. The van der Waals surface area contributed by atoms with Gasteiger partial charge in [-0.15, -0.1) is 0 Å². The zero-order valence-electron chi connectivity index (χ0n) is 10.1. The predicted octanol–water partition coefficient (Wildman–Crippen LogP) is 0.591. The summed E-state index contributed by atoms with van der Waals surface area (Å²) >= 11 is 0. The lowest BCUT2D eigenvalue weighted by Gasteiger charge is -2.10. The van der Waals surface area contributed by atoms with Gasteiger partial charge in [0.1, 0.15) is 11.9 Å². The van der Waals surface area contributed by atoms with Crippen LogP contribution < -0.4 is 4.57 Å². The van der Waals surface area contributed by atoms with Crippen molar-refractivity contribution in [1.82, 2.24) is 4.57 Å². The third-order valence-electron chi connectivity index (χ3n) is 3.38. The maximum absolute atomic E-state index is 11.5. The molecule has 4 nitrogen and oxygen atoms in total. The topological polar surface area (TPSA) is 35.1 Å². The van der Waals surface area contributed by atoms with Crippen LogP contribution in [0.1, 0.15) is 19.0 Å². The number of aromatic nitrogens is 2. The van der Waals surface area contributed by atoms with Crippen molar-refractivity contribution in [2.24, 2.45) is 25.9 Å². The number of ether oxygens (including phenoxy) is 1. The number of hydrogen-bond acceptors (Lipinski definition) is 2. The van der Waals surface area contributed by atoms with Crippen LogP contribution in [0.3, 0.4) is 0 Å². The van der Waals surface area contributed by atoms with E-state index in [1.807, 2.05) is 25.0 Å². The highest BCUT2D eigenvalue weighted by Gasteiger charge is 2.36. The fourth-order valence-corrected chi connectivity index (χ4v) is 2.48. The van der Waals surface area contributed by atoms with Gasteiger partial charge in [-0.25, -0.2) is 9.13 Å². The second-order valence-electron chi connectivity index (χ2n) is 4.62. The van der Waals surface area contributed by atoms with E-state index in [1.54, 1.807) is 0 Å². The molecule has 16 heavy (non-hydrogen) atoms. The van der Waals surface area contributed by atoms with Crippen molar-refractivity contribution in [2.45, 2.75) is 19.8 Å². The number of esters is 1. The molecule has 0 saturated carbocycles. The Hall–Kier alpha value is -1.32. The molecule has 1 aliphatic heterocycles. The third-order valence-corrected chi connectivity index (χ3v) is 3.38. The maximum Gasteiger partial charge on any atom is 0.309 e. The molecule has 0 spiro atoms. The molecular weight excluding hydrogens is 204 g/mol. The van der Waals surface area contributed by atoms with E-state index in [4.69, 9.17) is 4.74 Å². The molecule has 88 valence electrons. The molecule has 0 aliphatic carbocycles. The van der Waals surface area contributed by atoms with Crippen molar-refractivity contribution < 1.29 is 14.1 Å². The summed E-state index contributed by atoms with van der Waals surface area (Å²) in [4.78, 5) is 11.5. The van der Waals surface area contributed by atoms with Gasteiger partial charge in [0.05, 0.1) is 26.6 Å². The first-order valence-electron chi connectivity index (χ1n) is 5.79. The Morgan fingerprint density at radius 3 is 2.94 bits per heavy atom. The van der Waals surface area contributed by atoms with Crippen molar-refractivity contribution in [3.63, 3.8) is 0 Å². The standard InChI is InChI=1S/C12H19N2O2/c1-4-11-9(7-16-12(11)15)5-10-6-13(2)8-14(10)3/h6,8-9,11H,4-5,7H2,1-3H3/q+1. The number of carbonyl (C=O) groups is 1. The summed E-state index contributed by atoms with van der Waals surface area (Å²) < 4.78 is 9.28. The first-order chi connectivity index (χ1) is 7.61. The lowest BCUT2D eigenvalue weighted by Crippen LogP contribution is -2.23. The zero-order valence-corrected chi connectivity index (χ0v) is 10.1. The molecule has 0 amide bonds. The normalized spacial score (nSPS) is 24.8. The number of rotatable bonds is 3. The molecule has 0 N–H and O–H groups in total. The number of aryl methyl sites for hydroxylation is 2. The average molecular weight is 223 g/mol. The number of imidazole rings is 1. The van der Waals surface area contributed by atoms with Crippen LogP contribution in [0.4, 0.5) is 0 Å². The molecule has 4 heteroatoms. The van der Waals surface area contributed by atoms with E-state index in [2.05, 4.69) is 17.7 Å². The highest BCUT2D eigenvalue weighted by Crippen LogP contribution is 2.27. The van der Waals surface area contributed by atoms with Gasteiger partial charge in [0.25, 0.3) is 0 Å². The number of hydrogen-bond donors (Lipinski definition) is 0. The second kappa shape index (κ2) is 4.28. The molecule has 0 radical (unpaired) electrons. The smallest absolute Gasteiger partial charge is 0.309 e. The SMILES string of the molecule is CCC1C(=O)OCC1Cc1c[n+](C)cn1C. The highest BCUT2D eigenvalue weighted by atomic mass is 16.5. The fraction of sp³-hybridized carbons (Fsp3) is 0.667. The summed E-state index contributed by atoms with van der Waals surface area (Å²) in [6.07, 6.45) is 5.94. The molecule has 2 rings (SSSR count). The first kappa shape index (κ1) is 11.2. The Balaban J connectivity index is 2.10. The Morgan fingerprint density at radius 2 is 2.38 bits per heavy atom. The molecule has 2 heterocycles. The van der Waals surface area contributed by atoms with Gasteiger partial charge < -0.3 is 4.74 Å². The highest BCUT2D eigenvalue weighted by molar-refractivity contribution is 5.74. The van der Waals surface area contributed by atoms with Gasteiger partial charge >= 0.3 is 5.97 Å². The van der Waals surface area contributed by atoms with E-state index >= 15 is 0 Å². The molecule has 1 aromatic heterocycles. The minimum absolute atomic E-state index is 0.0221. The van der Waals surface area contributed by atoms with E-state index < -0.39 is 0 Å². The van der Waals surface area contributed by atoms with Crippen molar-refractivity contribution in [1.29, 1.82) is 0 Å². The number of nitrogens with zero attached hydrogens (tertiary/aromatic N) is 2. The molecule has 0 bridgehead atoms. The van der Waals surface area contributed by atoms with E-state index in [9.17, 15) is 4.79 Å². The van der Waals surface area contributed by atoms with Crippen LogP contribution in [0.5, 0.6) is 0 Å². The lowest BCUT2D eigenvalue weighted by atomic mass is 9.89. The molecule has 0 aromatic carbocycles. The zero-order chi connectivity index (χ0) is 11.7. The van der Waals surface area contributed by atoms with Crippen molar-refractivity contribution in [3.8, 4) is 0 Å². The second-order valence-corrected chi connectivity index (χ2v) is 4.62. The van der Waals surface area contributed by atoms with E-state index in [1.165, 1.54) is 5.69 Å². The van der Waals surface area contributed by atoms with Crippen molar-refractivity contribution >= 4 is 5.97 Å². The Labute approximate surface area is 95.8 Å². The van der Waals surface area contributed by atoms with Crippen LogP contribution in [-0.4, -0.2) is 17.1 Å². The Bertz CT molecular complexity index is 398. The van der Waals surface area contributed by atoms with Gasteiger partial charge in [0.15, 0.2) is 0 Å². The molecular formula is C12H19N2O2+. The van der Waals surface area contributed by atoms with Gasteiger partial charge in [-0.2, -0.15) is 0 Å². The quantitative estimate of drug-likeness (QED) is 0.555. The summed E-state index contributed by atoms with van der Waals surface area (Å²) in [5.74, 6) is 0.400. The monoisotopic (exact) mass is 223 g/mol. The summed E-state index contributed by atoms with van der Waals surface area (Å²) in [5.41, 5.74) is 1.25. The van der Waals surface area contributed by atoms with Gasteiger partial charge in [-0.1, -0.05) is 6.92 Å². The van der Waals surface area contributed by atoms with Crippen molar-refractivity contribution in [3.05, 3.63) is 18.2 Å². The summed E-state index contributed by atoms with van der Waals surface area (Å²) in [6, 6.07) is 0. The Morgan fingerprint density at radius 1 is 1.62 bits per heavy atom. The van der Waals surface area contributed by atoms with Crippen LogP contribution in [0.15, 0.2) is 12.5 Å². The number of carbonyl (C=O) groups excluding carboxylic acids is 1. The third kappa shape index (κ3) is 1.96. The molecule has 1 saturated heterocycles. The van der Waals surface area contributed by atoms with Crippen molar-refractivity contribution in [2.75, 3.05) is 6.61 Å². The largest absolute Gasteiger partial charge is 0.465 e. The summed E-state index contributed by atoms with van der Waals surface area (Å²) in [7, 11) is 4.05. The minimum atomic E-state index is -0.0221. The van der Waals surface area contributed by atoms with Crippen LogP contribution in [0.2, 0.25) is 0 Å². The molecule has 2 unspecified atom stereocenters. The number of cyclic esters (lactones) is 1. The van der Waals surface area contributed by atoms with Gasteiger partial charge in [0, 0.05) is 12.3 Å². The lowest BCUT2D eigenvalue weighted by molar-refractivity contribution is -0.671. The van der Waals surface area contributed by atoms with Crippen LogP contribution in [0, 0.1) is 11.8 Å². The Kier molecular flexibility index (Phi) is 2.99. The van der Waals surface area contributed by atoms with E-state index in [0.717, 1.165) is 12.8 Å². The van der Waals surface area contributed by atoms with Gasteiger partial charge in [-0.3, -0.25) is 4.79 Å². The van der Waals surface area contributed by atoms with E-state index in [-0.39, 0.29) is 11.9 Å². The van der Waals surface area contributed by atoms with Crippen LogP contribution in [0.25, 0.3) is 0 Å². The molecule has 1 aromatic rings. The molecule has 1 fully saturated rings. The fourth-order valence-electron chi connectivity index (χ4n) is 2.48.